The minimum Gasteiger partial charge on any atom is -0.467 e. The summed E-state index contributed by atoms with van der Waals surface area (Å²) in [5.74, 6) is -0.517. The summed E-state index contributed by atoms with van der Waals surface area (Å²) < 4.78 is 10.0. The molecule has 1 N–H and O–H groups in total. The van der Waals surface area contributed by atoms with E-state index < -0.39 is 18.1 Å². The number of hydrogen-bond donors (Lipinski definition) is 1. The quantitative estimate of drug-likeness (QED) is 0.766. The van der Waals surface area contributed by atoms with E-state index in [0.29, 0.717) is 6.42 Å². The lowest BCUT2D eigenvalue weighted by Gasteiger charge is -2.18. The molecule has 1 amide bonds. The molecule has 1 atom stereocenters. The van der Waals surface area contributed by atoms with Crippen molar-refractivity contribution in [2.45, 2.75) is 26.0 Å². The topological polar surface area (TPSA) is 64.6 Å². The van der Waals surface area contributed by atoms with Crippen LogP contribution in [0, 0.1) is 0 Å². The van der Waals surface area contributed by atoms with Crippen LogP contribution in [0.2, 0.25) is 0 Å². The maximum absolute atomic E-state index is 12.1. The number of amides is 1. The van der Waals surface area contributed by atoms with Gasteiger partial charge in [-0.15, -0.1) is 0 Å². The Morgan fingerprint density at radius 2 is 1.65 bits per heavy atom. The molecule has 5 heteroatoms. The van der Waals surface area contributed by atoms with Gasteiger partial charge in [0.15, 0.2) is 0 Å². The molecule has 2 aromatic rings. The van der Waals surface area contributed by atoms with E-state index in [1.165, 1.54) is 7.11 Å². The number of esters is 1. The molecular formula is C21H23NO4. The lowest BCUT2D eigenvalue weighted by atomic mass is 9.98. The average Bonchev–Trinajstić information content (AvgIpc) is 2.70. The van der Waals surface area contributed by atoms with Crippen molar-refractivity contribution >= 4 is 17.6 Å². The van der Waals surface area contributed by atoms with Crippen LogP contribution < -0.4 is 5.32 Å². The van der Waals surface area contributed by atoms with E-state index in [1.807, 2.05) is 73.7 Å². The molecule has 0 fully saturated rings. The lowest BCUT2D eigenvalue weighted by Crippen LogP contribution is -2.41. The zero-order valence-electron chi connectivity index (χ0n) is 15.0. The number of alkyl carbamates (subject to hydrolysis) is 1. The Labute approximate surface area is 153 Å². The molecule has 2 aromatic carbocycles. The molecule has 0 aliphatic rings. The third kappa shape index (κ3) is 5.77. The minimum atomic E-state index is -0.824. The SMILES string of the molecule is C/C=C(/CC(NC(=O)OCc1ccccc1)C(=O)OC)c1ccccc1. The first-order valence-corrected chi connectivity index (χ1v) is 8.39. The number of ether oxygens (including phenoxy) is 2. The van der Waals surface area contributed by atoms with Crippen LogP contribution in [0.15, 0.2) is 66.7 Å². The largest absolute Gasteiger partial charge is 0.467 e. The second kappa shape index (κ2) is 10.0. The van der Waals surface area contributed by atoms with E-state index in [9.17, 15) is 9.59 Å². The van der Waals surface area contributed by atoms with E-state index in [0.717, 1.165) is 16.7 Å². The Morgan fingerprint density at radius 3 is 2.23 bits per heavy atom. The van der Waals surface area contributed by atoms with Gasteiger partial charge in [0.25, 0.3) is 0 Å². The van der Waals surface area contributed by atoms with Gasteiger partial charge in [0.2, 0.25) is 0 Å². The third-order valence-electron chi connectivity index (χ3n) is 3.91. The van der Waals surface area contributed by atoms with Gasteiger partial charge in [-0.2, -0.15) is 0 Å². The highest BCUT2D eigenvalue weighted by Gasteiger charge is 2.24. The molecule has 0 aliphatic carbocycles. The summed E-state index contributed by atoms with van der Waals surface area (Å²) in [6.07, 6.45) is 1.57. The molecule has 136 valence electrons. The molecule has 0 heterocycles. The second-order valence-electron chi connectivity index (χ2n) is 5.67. The van der Waals surface area contributed by atoms with Crippen molar-refractivity contribution in [1.82, 2.24) is 5.32 Å². The Balaban J connectivity index is 2.00. The van der Waals surface area contributed by atoms with E-state index in [2.05, 4.69) is 5.32 Å². The lowest BCUT2D eigenvalue weighted by molar-refractivity contribution is -0.142. The molecule has 0 saturated heterocycles. The number of rotatable bonds is 7. The Hall–Kier alpha value is -3.08. The number of nitrogens with one attached hydrogen (secondary N) is 1. The van der Waals surface area contributed by atoms with Crippen molar-refractivity contribution in [2.75, 3.05) is 7.11 Å². The number of benzene rings is 2. The van der Waals surface area contributed by atoms with Gasteiger partial charge in [0, 0.05) is 6.42 Å². The fourth-order valence-corrected chi connectivity index (χ4v) is 2.52. The normalized spacial score (nSPS) is 12.2. The molecule has 0 saturated carbocycles. The number of hydrogen-bond acceptors (Lipinski definition) is 4. The van der Waals surface area contributed by atoms with Gasteiger partial charge in [-0.1, -0.05) is 66.7 Å². The molecular weight excluding hydrogens is 330 g/mol. The molecule has 2 rings (SSSR count). The second-order valence-corrected chi connectivity index (χ2v) is 5.67. The van der Waals surface area contributed by atoms with Gasteiger partial charge < -0.3 is 14.8 Å². The maximum atomic E-state index is 12.1. The Morgan fingerprint density at radius 1 is 1.04 bits per heavy atom. The first kappa shape index (κ1) is 19.2. The van der Waals surface area contributed by atoms with Crippen molar-refractivity contribution in [2.24, 2.45) is 0 Å². The predicted octanol–water partition coefficient (Wildman–Crippen LogP) is 3.95. The number of carbonyl (C=O) groups is 2. The summed E-state index contributed by atoms with van der Waals surface area (Å²) in [6, 6.07) is 18.2. The monoisotopic (exact) mass is 353 g/mol. The van der Waals surface area contributed by atoms with Crippen LogP contribution in [-0.4, -0.2) is 25.2 Å². The van der Waals surface area contributed by atoms with Crippen molar-refractivity contribution in [3.05, 3.63) is 77.9 Å². The first-order chi connectivity index (χ1) is 12.6. The summed E-state index contributed by atoms with van der Waals surface area (Å²) >= 11 is 0. The number of methoxy groups -OCH3 is 1. The average molecular weight is 353 g/mol. The van der Waals surface area contributed by atoms with Crippen molar-refractivity contribution in [3.63, 3.8) is 0 Å². The van der Waals surface area contributed by atoms with Crippen molar-refractivity contribution in [3.8, 4) is 0 Å². The molecule has 5 nitrogen and oxygen atoms in total. The van der Waals surface area contributed by atoms with Crippen molar-refractivity contribution < 1.29 is 19.1 Å². The molecule has 0 spiro atoms. The number of carbonyl (C=O) groups excluding carboxylic acids is 2. The van der Waals surface area contributed by atoms with Crippen LogP contribution in [0.3, 0.4) is 0 Å². The summed E-state index contributed by atoms with van der Waals surface area (Å²) in [4.78, 5) is 24.2. The third-order valence-corrected chi connectivity index (χ3v) is 3.91. The highest BCUT2D eigenvalue weighted by Crippen LogP contribution is 2.20. The first-order valence-electron chi connectivity index (χ1n) is 8.39. The van der Waals surface area contributed by atoms with Gasteiger partial charge in [-0.3, -0.25) is 0 Å². The van der Waals surface area contributed by atoms with Crippen LogP contribution in [0.4, 0.5) is 4.79 Å². The fraction of sp³-hybridized carbons (Fsp3) is 0.238. The van der Waals surface area contributed by atoms with Crippen molar-refractivity contribution in [1.29, 1.82) is 0 Å². The van der Waals surface area contributed by atoms with Crippen LogP contribution in [0.5, 0.6) is 0 Å². The molecule has 26 heavy (non-hydrogen) atoms. The summed E-state index contributed by atoms with van der Waals surface area (Å²) in [5.41, 5.74) is 2.79. The van der Waals surface area contributed by atoms with E-state index in [4.69, 9.17) is 9.47 Å². The maximum Gasteiger partial charge on any atom is 0.408 e. The Kier molecular flexibility index (Phi) is 7.43. The van der Waals surface area contributed by atoms with Gasteiger partial charge in [0.05, 0.1) is 7.11 Å². The molecule has 0 radical (unpaired) electrons. The van der Waals surface area contributed by atoms with E-state index >= 15 is 0 Å². The van der Waals surface area contributed by atoms with E-state index in [-0.39, 0.29) is 6.61 Å². The zero-order valence-corrected chi connectivity index (χ0v) is 15.0. The summed E-state index contributed by atoms with van der Waals surface area (Å²) in [6.45, 7) is 2.03. The highest BCUT2D eigenvalue weighted by atomic mass is 16.6. The molecule has 0 bridgehead atoms. The highest BCUT2D eigenvalue weighted by molar-refractivity contribution is 5.84. The predicted molar refractivity (Wildman–Crippen MR) is 100 cm³/mol. The fourth-order valence-electron chi connectivity index (χ4n) is 2.52. The standard InChI is InChI=1S/C21H23NO4/c1-3-17(18-12-8-5-9-13-18)14-19(20(23)25-2)22-21(24)26-15-16-10-6-4-7-11-16/h3-13,19H,14-15H2,1-2H3,(H,22,24)/b17-3-. The van der Waals surface area contributed by atoms with Crippen LogP contribution in [0.25, 0.3) is 5.57 Å². The van der Waals surface area contributed by atoms with Crippen LogP contribution in [-0.2, 0) is 20.9 Å². The zero-order chi connectivity index (χ0) is 18.8. The molecule has 1 unspecified atom stereocenters. The van der Waals surface area contributed by atoms with E-state index in [1.54, 1.807) is 0 Å². The van der Waals surface area contributed by atoms with Gasteiger partial charge in [0.1, 0.15) is 12.6 Å². The summed E-state index contributed by atoms with van der Waals surface area (Å²) in [5, 5.41) is 2.60. The Bertz CT molecular complexity index is 741. The minimum absolute atomic E-state index is 0.135. The molecule has 0 aliphatic heterocycles. The van der Waals surface area contributed by atoms with Gasteiger partial charge in [-0.25, -0.2) is 9.59 Å². The summed E-state index contributed by atoms with van der Waals surface area (Å²) in [7, 11) is 1.30. The van der Waals surface area contributed by atoms with Crippen LogP contribution in [0.1, 0.15) is 24.5 Å². The van der Waals surface area contributed by atoms with Crippen LogP contribution >= 0.6 is 0 Å². The number of allylic oxidation sites excluding steroid dienone is 1. The smallest absolute Gasteiger partial charge is 0.408 e. The van der Waals surface area contributed by atoms with Gasteiger partial charge >= 0.3 is 12.1 Å². The van der Waals surface area contributed by atoms with Gasteiger partial charge in [-0.05, 0) is 23.6 Å². The molecule has 0 aromatic heterocycles.